The van der Waals surface area contributed by atoms with Gasteiger partial charge in [-0.15, -0.1) is 0 Å². The lowest BCUT2D eigenvalue weighted by Gasteiger charge is -2.55. The van der Waals surface area contributed by atoms with Gasteiger partial charge in [-0.3, -0.25) is 9.52 Å². The van der Waals surface area contributed by atoms with Crippen molar-refractivity contribution in [3.8, 4) is 0 Å². The Morgan fingerprint density at radius 3 is 2.27 bits per heavy atom. The molecule has 2 N–H and O–H groups in total. The van der Waals surface area contributed by atoms with Gasteiger partial charge < -0.3 is 5.32 Å². The lowest BCUT2D eigenvalue weighted by Crippen LogP contribution is -2.51. The summed E-state index contributed by atoms with van der Waals surface area (Å²) in [5.74, 6) is 2.31. The fourth-order valence-corrected chi connectivity index (χ4v) is 8.73. The van der Waals surface area contributed by atoms with Crippen LogP contribution in [0.25, 0.3) is 10.2 Å². The second kappa shape index (κ2) is 7.53. The van der Waals surface area contributed by atoms with Crippen LogP contribution in [0.3, 0.4) is 0 Å². The van der Waals surface area contributed by atoms with Gasteiger partial charge in [0.25, 0.3) is 10.0 Å². The van der Waals surface area contributed by atoms with Crippen LogP contribution in [0.1, 0.15) is 44.1 Å². The summed E-state index contributed by atoms with van der Waals surface area (Å²) >= 11 is 1.27. The zero-order valence-corrected chi connectivity index (χ0v) is 20.1. The van der Waals surface area contributed by atoms with Crippen molar-refractivity contribution in [2.75, 3.05) is 10.0 Å². The highest BCUT2D eigenvalue weighted by Crippen LogP contribution is 2.60. The standard InChI is InChI=1S/C25H27N3O3S2/c1-15-2-5-20(6-3-15)33(30,31)28-24-27-21-7-4-19(11-22(21)32-24)26-23(29)25-12-16-8-17(13-25)10-18(9-16)14-25/h2-7,11,16-18H,8-10,12-14H2,1H3,(H,26,29)(H,27,28). The number of carbonyl (C=O) groups is 1. The minimum atomic E-state index is -3.70. The molecule has 0 saturated heterocycles. The fourth-order valence-electron chi connectivity index (χ4n) is 6.59. The first kappa shape index (κ1) is 21.1. The minimum Gasteiger partial charge on any atom is -0.326 e. The molecule has 3 aromatic rings. The third-order valence-electron chi connectivity index (χ3n) is 7.72. The van der Waals surface area contributed by atoms with Gasteiger partial charge in [0.05, 0.1) is 20.5 Å². The average molecular weight is 482 g/mol. The summed E-state index contributed by atoms with van der Waals surface area (Å²) in [4.78, 5) is 18.0. The predicted octanol–water partition coefficient (Wildman–Crippen LogP) is 5.56. The summed E-state index contributed by atoms with van der Waals surface area (Å²) in [5, 5.41) is 3.50. The minimum absolute atomic E-state index is 0.158. The van der Waals surface area contributed by atoms with Gasteiger partial charge in [-0.1, -0.05) is 29.0 Å². The number of hydrogen-bond donors (Lipinski definition) is 2. The lowest BCUT2D eigenvalue weighted by atomic mass is 9.49. The van der Waals surface area contributed by atoms with Crippen LogP contribution >= 0.6 is 11.3 Å². The van der Waals surface area contributed by atoms with Crippen molar-refractivity contribution in [2.45, 2.75) is 50.3 Å². The maximum Gasteiger partial charge on any atom is 0.263 e. The molecular weight excluding hydrogens is 454 g/mol. The quantitative estimate of drug-likeness (QED) is 0.499. The average Bonchev–Trinajstić information content (AvgIpc) is 3.14. The Morgan fingerprint density at radius 1 is 1.00 bits per heavy atom. The molecule has 1 heterocycles. The maximum absolute atomic E-state index is 13.4. The number of benzene rings is 2. The van der Waals surface area contributed by atoms with Gasteiger partial charge in [-0.2, -0.15) is 0 Å². The predicted molar refractivity (Wildman–Crippen MR) is 131 cm³/mol. The highest BCUT2D eigenvalue weighted by molar-refractivity contribution is 7.93. The zero-order valence-electron chi connectivity index (χ0n) is 18.5. The zero-order chi connectivity index (χ0) is 22.8. The number of aromatic nitrogens is 1. The van der Waals surface area contributed by atoms with Gasteiger partial charge >= 0.3 is 0 Å². The maximum atomic E-state index is 13.4. The van der Waals surface area contributed by atoms with Crippen LogP contribution in [-0.4, -0.2) is 19.3 Å². The van der Waals surface area contributed by atoms with E-state index in [4.69, 9.17) is 0 Å². The van der Waals surface area contributed by atoms with E-state index in [0.29, 0.717) is 10.6 Å². The molecule has 0 spiro atoms. The Labute approximate surface area is 197 Å². The second-order valence-corrected chi connectivity index (χ2v) is 13.0. The van der Waals surface area contributed by atoms with Gasteiger partial charge in [0.15, 0.2) is 5.13 Å². The number of nitrogens with one attached hydrogen (secondary N) is 2. The number of fused-ring (bicyclic) bond motifs is 1. The van der Waals surface area contributed by atoms with Crippen molar-refractivity contribution in [3.63, 3.8) is 0 Å². The summed E-state index contributed by atoms with van der Waals surface area (Å²) in [7, 11) is -3.70. The molecule has 4 aliphatic rings. The smallest absolute Gasteiger partial charge is 0.263 e. The molecule has 8 heteroatoms. The summed E-state index contributed by atoms with van der Waals surface area (Å²) < 4.78 is 28.8. The molecule has 6 nitrogen and oxygen atoms in total. The first-order valence-corrected chi connectivity index (χ1v) is 13.9. The molecule has 1 aromatic heterocycles. The van der Waals surface area contributed by atoms with Crippen LogP contribution in [-0.2, 0) is 14.8 Å². The molecule has 0 radical (unpaired) electrons. The molecular formula is C25H27N3O3S2. The van der Waals surface area contributed by atoms with Crippen molar-refractivity contribution in [3.05, 3.63) is 48.0 Å². The van der Waals surface area contributed by atoms with E-state index in [1.54, 1.807) is 24.3 Å². The molecule has 4 saturated carbocycles. The summed E-state index contributed by atoms with van der Waals surface area (Å²) in [6.45, 7) is 1.91. The Balaban J connectivity index is 1.21. The van der Waals surface area contributed by atoms with Gasteiger partial charge in [0, 0.05) is 5.69 Å². The largest absolute Gasteiger partial charge is 0.326 e. The van der Waals surface area contributed by atoms with Crippen molar-refractivity contribution in [1.29, 1.82) is 0 Å². The third-order valence-corrected chi connectivity index (χ3v) is 10.1. The number of rotatable bonds is 5. The normalized spacial score (nSPS) is 28.2. The number of amides is 1. The van der Waals surface area contributed by atoms with E-state index in [0.717, 1.165) is 53.0 Å². The lowest BCUT2D eigenvalue weighted by molar-refractivity contribution is -0.140. The molecule has 33 heavy (non-hydrogen) atoms. The van der Waals surface area contributed by atoms with Crippen LogP contribution in [0.5, 0.6) is 0 Å². The van der Waals surface area contributed by atoms with Crippen LogP contribution in [0, 0.1) is 30.1 Å². The first-order chi connectivity index (χ1) is 15.8. The topological polar surface area (TPSA) is 88.2 Å². The number of anilines is 2. The summed E-state index contributed by atoms with van der Waals surface area (Å²) in [6.07, 6.45) is 7.00. The van der Waals surface area contributed by atoms with Crippen molar-refractivity contribution in [2.24, 2.45) is 23.2 Å². The van der Waals surface area contributed by atoms with Crippen LogP contribution < -0.4 is 10.0 Å². The summed E-state index contributed by atoms with van der Waals surface area (Å²) in [5.41, 5.74) is 2.25. The molecule has 0 unspecified atom stereocenters. The second-order valence-electron chi connectivity index (χ2n) is 10.3. The van der Waals surface area contributed by atoms with Crippen molar-refractivity contribution >= 4 is 48.3 Å². The molecule has 2 aromatic carbocycles. The van der Waals surface area contributed by atoms with E-state index in [1.807, 2.05) is 25.1 Å². The SMILES string of the molecule is Cc1ccc(S(=O)(=O)Nc2nc3ccc(NC(=O)C45CC6CC(CC(C6)C4)C5)cc3s2)cc1. The van der Waals surface area contributed by atoms with Crippen molar-refractivity contribution in [1.82, 2.24) is 4.98 Å². The van der Waals surface area contributed by atoms with E-state index in [-0.39, 0.29) is 16.2 Å². The molecule has 7 rings (SSSR count). The number of carbonyl (C=O) groups excluding carboxylic acids is 1. The van der Waals surface area contributed by atoms with E-state index < -0.39 is 10.0 Å². The third kappa shape index (κ3) is 3.83. The highest BCUT2D eigenvalue weighted by atomic mass is 32.2. The Morgan fingerprint density at radius 2 is 1.64 bits per heavy atom. The van der Waals surface area contributed by atoms with E-state index in [9.17, 15) is 13.2 Å². The number of sulfonamides is 1. The molecule has 0 aliphatic heterocycles. The number of nitrogens with zero attached hydrogens (tertiary/aromatic N) is 1. The van der Waals surface area contributed by atoms with Gasteiger partial charge in [0.2, 0.25) is 5.91 Å². The number of aryl methyl sites for hydroxylation is 1. The highest BCUT2D eigenvalue weighted by Gasteiger charge is 2.54. The van der Waals surface area contributed by atoms with E-state index in [2.05, 4.69) is 15.0 Å². The summed E-state index contributed by atoms with van der Waals surface area (Å²) in [6, 6.07) is 12.3. The Bertz CT molecular complexity index is 1310. The molecule has 4 bridgehead atoms. The fraction of sp³-hybridized carbons (Fsp3) is 0.440. The Kier molecular flexibility index (Phi) is 4.82. The van der Waals surface area contributed by atoms with Gasteiger partial charge in [-0.25, -0.2) is 13.4 Å². The van der Waals surface area contributed by atoms with E-state index >= 15 is 0 Å². The van der Waals surface area contributed by atoms with Crippen molar-refractivity contribution < 1.29 is 13.2 Å². The monoisotopic (exact) mass is 481 g/mol. The number of hydrogen-bond acceptors (Lipinski definition) is 5. The van der Waals surface area contributed by atoms with Gasteiger partial charge in [0.1, 0.15) is 0 Å². The molecule has 0 atom stereocenters. The molecule has 1 amide bonds. The van der Waals surface area contributed by atoms with Crippen LogP contribution in [0.2, 0.25) is 0 Å². The molecule has 172 valence electrons. The van der Waals surface area contributed by atoms with Gasteiger partial charge in [-0.05, 0) is 93.5 Å². The first-order valence-electron chi connectivity index (χ1n) is 11.6. The van der Waals surface area contributed by atoms with Crippen LogP contribution in [0.4, 0.5) is 10.8 Å². The van der Waals surface area contributed by atoms with E-state index in [1.165, 1.54) is 30.6 Å². The molecule has 4 aliphatic carbocycles. The Hall–Kier alpha value is -2.45. The van der Waals surface area contributed by atoms with Crippen LogP contribution in [0.15, 0.2) is 47.4 Å². The number of thiazole rings is 1. The molecule has 4 fully saturated rings.